The highest BCUT2D eigenvalue weighted by atomic mass is 19.1. The fourth-order valence-electron chi connectivity index (χ4n) is 5.26. The maximum Gasteiger partial charge on any atom is 0.309 e. The van der Waals surface area contributed by atoms with E-state index in [0.29, 0.717) is 17.5 Å². The van der Waals surface area contributed by atoms with Crippen molar-refractivity contribution in [2.45, 2.75) is 39.5 Å². The molecule has 2 unspecified atom stereocenters. The molecule has 0 aromatic heterocycles. The molecule has 0 aliphatic heterocycles. The van der Waals surface area contributed by atoms with Crippen molar-refractivity contribution in [1.82, 2.24) is 0 Å². The monoisotopic (exact) mass is 536 g/mol. The fourth-order valence-corrected chi connectivity index (χ4v) is 5.26. The zero-order valence-corrected chi connectivity index (χ0v) is 23.0. The molecule has 0 N–H and O–H groups in total. The first-order valence-electron chi connectivity index (χ1n) is 13.7. The number of hydrogen-bond donors (Lipinski definition) is 0. The highest BCUT2D eigenvalue weighted by Gasteiger charge is 2.45. The summed E-state index contributed by atoms with van der Waals surface area (Å²) in [6, 6.07) is 30.8. The zero-order valence-electron chi connectivity index (χ0n) is 23.0. The highest BCUT2D eigenvalue weighted by molar-refractivity contribution is 5.81. The van der Waals surface area contributed by atoms with Gasteiger partial charge in [-0.3, -0.25) is 9.59 Å². The second-order valence-corrected chi connectivity index (χ2v) is 10.7. The predicted molar refractivity (Wildman–Crippen MR) is 154 cm³/mol. The third-order valence-corrected chi connectivity index (χ3v) is 7.46. The van der Waals surface area contributed by atoms with Crippen molar-refractivity contribution in [2.75, 3.05) is 6.61 Å². The smallest absolute Gasteiger partial charge is 0.309 e. The van der Waals surface area contributed by atoms with Crippen LogP contribution in [0.4, 0.5) is 4.39 Å². The first kappa shape index (κ1) is 27.3. The van der Waals surface area contributed by atoms with Crippen LogP contribution in [0.5, 0.6) is 0 Å². The largest absolute Gasteiger partial charge is 0.461 e. The van der Waals surface area contributed by atoms with Crippen LogP contribution >= 0.6 is 0 Å². The van der Waals surface area contributed by atoms with Crippen molar-refractivity contribution >= 4 is 11.9 Å². The van der Waals surface area contributed by atoms with Crippen LogP contribution < -0.4 is 0 Å². The number of carbonyl (C=O) groups excluding carboxylic acids is 2. The van der Waals surface area contributed by atoms with Gasteiger partial charge in [-0.1, -0.05) is 118 Å². The molecule has 0 saturated carbocycles. The van der Waals surface area contributed by atoms with Crippen LogP contribution in [-0.2, 0) is 37.8 Å². The van der Waals surface area contributed by atoms with E-state index in [-0.39, 0.29) is 31.0 Å². The van der Waals surface area contributed by atoms with Gasteiger partial charge >= 0.3 is 11.9 Å². The van der Waals surface area contributed by atoms with Crippen LogP contribution in [0, 0.1) is 11.8 Å². The molecule has 40 heavy (non-hydrogen) atoms. The summed E-state index contributed by atoms with van der Waals surface area (Å²) in [6.07, 6.45) is 0.455. The minimum absolute atomic E-state index is 0.186. The van der Waals surface area contributed by atoms with Gasteiger partial charge in [0.05, 0.1) is 11.8 Å². The Morgan fingerprint density at radius 2 is 1.38 bits per heavy atom. The topological polar surface area (TPSA) is 52.6 Å². The van der Waals surface area contributed by atoms with Crippen LogP contribution in [0.25, 0.3) is 22.3 Å². The van der Waals surface area contributed by atoms with Gasteiger partial charge in [-0.25, -0.2) is 4.39 Å². The van der Waals surface area contributed by atoms with Gasteiger partial charge in [0.1, 0.15) is 13.2 Å². The van der Waals surface area contributed by atoms with Crippen LogP contribution in [0.1, 0.15) is 43.0 Å². The summed E-state index contributed by atoms with van der Waals surface area (Å²) in [5, 5.41) is 0. The number of hydrogen-bond acceptors (Lipinski definition) is 4. The number of ether oxygens (including phenoxy) is 2. The van der Waals surface area contributed by atoms with Crippen molar-refractivity contribution in [3.63, 3.8) is 0 Å². The molecule has 0 spiro atoms. The molecule has 0 bridgehead atoms. The predicted octanol–water partition coefficient (Wildman–Crippen LogP) is 7.67. The summed E-state index contributed by atoms with van der Waals surface area (Å²) in [5.41, 5.74) is 4.53. The normalized spacial score (nSPS) is 16.2. The average molecular weight is 537 g/mol. The Bertz CT molecular complexity index is 1530. The van der Waals surface area contributed by atoms with E-state index in [1.54, 1.807) is 32.0 Å². The van der Waals surface area contributed by atoms with Crippen LogP contribution in [0.2, 0.25) is 0 Å². The quantitative estimate of drug-likeness (QED) is 0.206. The first-order valence-corrected chi connectivity index (χ1v) is 13.7. The van der Waals surface area contributed by atoms with Gasteiger partial charge in [0, 0.05) is 11.1 Å². The lowest BCUT2D eigenvalue weighted by molar-refractivity contribution is -0.151. The Hall–Kier alpha value is -4.25. The number of benzene rings is 4. The lowest BCUT2D eigenvalue weighted by atomic mass is 9.92. The van der Waals surface area contributed by atoms with Crippen molar-refractivity contribution in [3.05, 3.63) is 119 Å². The molecule has 4 aromatic carbocycles. The molecule has 0 radical (unpaired) electrons. The van der Waals surface area contributed by atoms with Gasteiger partial charge in [0.2, 0.25) is 0 Å². The van der Waals surface area contributed by atoms with E-state index in [1.165, 1.54) is 0 Å². The van der Waals surface area contributed by atoms with E-state index in [9.17, 15) is 9.59 Å². The summed E-state index contributed by atoms with van der Waals surface area (Å²) in [4.78, 5) is 25.1. The van der Waals surface area contributed by atoms with E-state index in [2.05, 4.69) is 0 Å². The third kappa shape index (κ3) is 5.42. The SMILES string of the molecule is CC(C)C(=O)OCC1(F)c2ccccc2-c2cc(CC(C)C(=O)OCc3ccccc3-c3ccccc3)ccc21. The number of carbonyl (C=O) groups is 2. The van der Waals surface area contributed by atoms with Crippen LogP contribution in [-0.4, -0.2) is 18.5 Å². The maximum atomic E-state index is 16.5. The van der Waals surface area contributed by atoms with E-state index >= 15 is 4.39 Å². The van der Waals surface area contributed by atoms with E-state index in [0.717, 1.165) is 33.4 Å². The Morgan fingerprint density at radius 1 is 0.725 bits per heavy atom. The van der Waals surface area contributed by atoms with Gasteiger partial charge in [-0.15, -0.1) is 0 Å². The molecular formula is C35H33FO4. The molecule has 2 atom stereocenters. The molecule has 4 nitrogen and oxygen atoms in total. The molecule has 0 fully saturated rings. The third-order valence-electron chi connectivity index (χ3n) is 7.46. The van der Waals surface area contributed by atoms with Crippen molar-refractivity contribution in [2.24, 2.45) is 11.8 Å². The lowest BCUT2D eigenvalue weighted by Crippen LogP contribution is -2.28. The summed E-state index contributed by atoms with van der Waals surface area (Å²) >= 11 is 0. The van der Waals surface area contributed by atoms with Gasteiger partial charge in [-0.2, -0.15) is 0 Å². The van der Waals surface area contributed by atoms with Gasteiger partial charge < -0.3 is 9.47 Å². The van der Waals surface area contributed by atoms with Crippen LogP contribution in [0.15, 0.2) is 97.1 Å². The summed E-state index contributed by atoms with van der Waals surface area (Å²) < 4.78 is 27.6. The molecular weight excluding hydrogens is 503 g/mol. The molecule has 0 saturated heterocycles. The molecule has 204 valence electrons. The van der Waals surface area contributed by atoms with Gasteiger partial charge in [-0.05, 0) is 39.8 Å². The number of fused-ring (bicyclic) bond motifs is 3. The molecule has 1 aliphatic carbocycles. The van der Waals surface area contributed by atoms with E-state index in [4.69, 9.17) is 9.47 Å². The van der Waals surface area contributed by atoms with Crippen LogP contribution in [0.3, 0.4) is 0 Å². The Morgan fingerprint density at radius 3 is 2.12 bits per heavy atom. The average Bonchev–Trinajstić information content (AvgIpc) is 3.23. The molecule has 0 heterocycles. The second-order valence-electron chi connectivity index (χ2n) is 10.7. The molecule has 4 aromatic rings. The highest BCUT2D eigenvalue weighted by Crippen LogP contribution is 2.50. The number of rotatable bonds is 9. The zero-order chi connectivity index (χ0) is 28.3. The van der Waals surface area contributed by atoms with Gasteiger partial charge in [0.15, 0.2) is 5.67 Å². The summed E-state index contributed by atoms with van der Waals surface area (Å²) in [7, 11) is 0. The molecule has 0 amide bonds. The first-order chi connectivity index (χ1) is 19.3. The van der Waals surface area contributed by atoms with E-state index < -0.39 is 11.6 Å². The molecule has 5 heteroatoms. The number of halogens is 1. The number of alkyl halides is 1. The Labute approximate surface area is 234 Å². The number of esters is 2. The molecule has 1 aliphatic rings. The minimum atomic E-state index is -1.92. The summed E-state index contributed by atoms with van der Waals surface area (Å²) in [6.45, 7) is 5.11. The molecule has 5 rings (SSSR count). The van der Waals surface area contributed by atoms with Crippen molar-refractivity contribution in [1.29, 1.82) is 0 Å². The maximum absolute atomic E-state index is 16.5. The Balaban J connectivity index is 1.30. The van der Waals surface area contributed by atoms with Crippen molar-refractivity contribution in [3.8, 4) is 22.3 Å². The summed E-state index contributed by atoms with van der Waals surface area (Å²) in [5.74, 6) is -1.45. The standard InChI is InChI=1S/C35H33FO4/c1-23(2)33(37)40-22-35(36)31-16-10-9-15-29(31)30-20-25(17-18-32(30)35)19-24(3)34(38)39-21-27-13-7-8-14-28(27)26-11-5-4-6-12-26/h4-18,20,23-24H,19,21-22H2,1-3H3. The lowest BCUT2D eigenvalue weighted by Gasteiger charge is -2.23. The van der Waals surface area contributed by atoms with Gasteiger partial charge in [0.25, 0.3) is 0 Å². The minimum Gasteiger partial charge on any atom is -0.461 e. The second kappa shape index (κ2) is 11.5. The van der Waals surface area contributed by atoms with E-state index in [1.807, 2.05) is 85.8 Å². The van der Waals surface area contributed by atoms with Crippen molar-refractivity contribution < 1.29 is 23.5 Å². The fraction of sp³-hybridized carbons (Fsp3) is 0.257. The Kier molecular flexibility index (Phi) is 7.83.